The fourth-order valence-corrected chi connectivity index (χ4v) is 6.50. The van der Waals surface area contributed by atoms with E-state index in [1.54, 1.807) is 18.0 Å². The summed E-state index contributed by atoms with van der Waals surface area (Å²) in [6.07, 6.45) is 3.64. The number of benzene rings is 4. The number of rotatable bonds is 5. The molecule has 4 aromatic carbocycles. The number of hydrogen-bond donors (Lipinski definition) is 0. The predicted octanol–water partition coefficient (Wildman–Crippen LogP) is 8.38. The molecule has 2 aromatic heterocycles. The smallest absolute Gasteiger partial charge is 0.503 e. The van der Waals surface area contributed by atoms with E-state index in [1.165, 1.54) is 20.9 Å². The van der Waals surface area contributed by atoms with Gasteiger partial charge in [-0.25, -0.2) is 0 Å². The summed E-state index contributed by atoms with van der Waals surface area (Å²) in [5.41, 5.74) is 5.36. The first-order valence-corrected chi connectivity index (χ1v) is 13.6. The molecule has 40 heavy (non-hydrogen) atoms. The van der Waals surface area contributed by atoms with Crippen LogP contribution in [0.1, 0.15) is 22.4 Å². The second-order valence-electron chi connectivity index (χ2n) is 9.23. The van der Waals surface area contributed by atoms with E-state index in [0.29, 0.717) is 11.5 Å². The van der Waals surface area contributed by atoms with Crippen LogP contribution in [0.15, 0.2) is 144 Å². The molecule has 6 aromatic rings. The number of fused-ring (bicyclic) bond motifs is 2. The zero-order valence-corrected chi connectivity index (χ0v) is 24.3. The molecule has 0 saturated carbocycles. The average molecular weight is 714 g/mol. The second kappa shape index (κ2) is 11.3. The Labute approximate surface area is 252 Å². The molecule has 7 rings (SSSR count). The zero-order chi connectivity index (χ0) is 26.1. The molecule has 3 nitrogen and oxygen atoms in total. The Hall–Kier alpha value is -3.98. The molecule has 0 aliphatic carbocycles. The number of nitrogens with zero attached hydrogens (tertiary/aromatic N) is 2. The van der Waals surface area contributed by atoms with Crippen LogP contribution < -0.4 is 4.74 Å². The molecule has 0 bridgehead atoms. The summed E-state index contributed by atoms with van der Waals surface area (Å²) >= 11 is 1.80. The SMILES string of the molecule is [Pt+2].[c-]1c(Oc2[c-]c(C3(c4ccccn4)c4ccccc4Sc4ccccc43)ccc2)cccc1-c1ccccn1. The molecule has 3 heterocycles. The van der Waals surface area contributed by atoms with Crippen LogP contribution in [0.4, 0.5) is 0 Å². The van der Waals surface area contributed by atoms with Gasteiger partial charge in [-0.2, -0.15) is 12.1 Å². The van der Waals surface area contributed by atoms with Crippen LogP contribution in [-0.4, -0.2) is 9.97 Å². The van der Waals surface area contributed by atoms with Crippen LogP contribution in [0.25, 0.3) is 11.3 Å². The molecular weight excluding hydrogens is 692 g/mol. The van der Waals surface area contributed by atoms with Gasteiger partial charge in [0.2, 0.25) is 0 Å². The van der Waals surface area contributed by atoms with Crippen molar-refractivity contribution in [1.29, 1.82) is 0 Å². The third kappa shape index (κ3) is 4.58. The Balaban J connectivity index is 0.00000289. The number of pyridine rings is 2. The van der Waals surface area contributed by atoms with Gasteiger partial charge >= 0.3 is 21.1 Å². The minimum atomic E-state index is -0.654. The van der Waals surface area contributed by atoms with Gasteiger partial charge < -0.3 is 9.72 Å². The van der Waals surface area contributed by atoms with Crippen molar-refractivity contribution in [2.75, 3.05) is 0 Å². The first-order chi connectivity index (χ1) is 19.3. The Kier molecular flexibility index (Phi) is 7.38. The second-order valence-corrected chi connectivity index (χ2v) is 10.3. The van der Waals surface area contributed by atoms with Gasteiger partial charge in [0.1, 0.15) is 0 Å². The number of aromatic nitrogens is 2. The van der Waals surface area contributed by atoms with Crippen molar-refractivity contribution in [3.63, 3.8) is 0 Å². The molecule has 1 aliphatic rings. The predicted molar refractivity (Wildman–Crippen MR) is 154 cm³/mol. The standard InChI is InChI=1S/C35H22N2OS.Pt/c1-3-18-32-29(15-1)35(34-20-6-8-22-37-34,30-16-2-4-19-33(30)39-32)26-12-10-14-28(24-26)38-27-13-9-11-25(23-27)31-17-5-7-21-36-31;/h1-22H;/q-2;+2. The van der Waals surface area contributed by atoms with Crippen LogP contribution >= 0.6 is 11.8 Å². The maximum absolute atomic E-state index is 6.36. The van der Waals surface area contributed by atoms with Gasteiger partial charge in [-0.15, -0.1) is 41.5 Å². The van der Waals surface area contributed by atoms with Gasteiger partial charge in [-0.05, 0) is 47.2 Å². The van der Waals surface area contributed by atoms with Gasteiger partial charge in [-0.1, -0.05) is 72.4 Å². The van der Waals surface area contributed by atoms with Crippen molar-refractivity contribution in [2.24, 2.45) is 0 Å². The van der Waals surface area contributed by atoms with Crippen LogP contribution in [-0.2, 0) is 26.5 Å². The van der Waals surface area contributed by atoms with Gasteiger partial charge in [0.25, 0.3) is 0 Å². The third-order valence-corrected chi connectivity index (χ3v) is 8.10. The van der Waals surface area contributed by atoms with Crippen molar-refractivity contribution >= 4 is 11.8 Å². The Morgan fingerprint density at radius 1 is 0.575 bits per heavy atom. The first-order valence-electron chi connectivity index (χ1n) is 12.8. The minimum absolute atomic E-state index is 0. The Morgan fingerprint density at radius 3 is 1.88 bits per heavy atom. The van der Waals surface area contributed by atoms with Crippen LogP contribution in [0.3, 0.4) is 0 Å². The van der Waals surface area contributed by atoms with Crippen LogP contribution in [0.5, 0.6) is 11.5 Å². The summed E-state index contributed by atoms with van der Waals surface area (Å²) in [5, 5.41) is 0. The summed E-state index contributed by atoms with van der Waals surface area (Å²) < 4.78 is 6.36. The summed E-state index contributed by atoms with van der Waals surface area (Å²) in [4.78, 5) is 11.8. The van der Waals surface area contributed by atoms with E-state index in [1.807, 2.05) is 60.8 Å². The van der Waals surface area contributed by atoms with E-state index >= 15 is 0 Å². The summed E-state index contributed by atoms with van der Waals surface area (Å²) in [6, 6.07) is 48.1. The minimum Gasteiger partial charge on any atom is -0.503 e. The van der Waals surface area contributed by atoms with Crippen LogP contribution in [0, 0.1) is 12.1 Å². The molecule has 5 heteroatoms. The summed E-state index contributed by atoms with van der Waals surface area (Å²) in [6.45, 7) is 0. The summed E-state index contributed by atoms with van der Waals surface area (Å²) in [7, 11) is 0. The van der Waals surface area contributed by atoms with Gasteiger partial charge in [0, 0.05) is 33.7 Å². The van der Waals surface area contributed by atoms with Gasteiger partial charge in [0.15, 0.2) is 0 Å². The molecule has 0 fully saturated rings. The average Bonchev–Trinajstić information content (AvgIpc) is 3.01. The fraction of sp³-hybridized carbons (Fsp3) is 0.0286. The number of hydrogen-bond acceptors (Lipinski definition) is 4. The van der Waals surface area contributed by atoms with Crippen molar-refractivity contribution in [1.82, 2.24) is 9.97 Å². The molecule has 194 valence electrons. The summed E-state index contributed by atoms with van der Waals surface area (Å²) in [5.74, 6) is 1.23. The zero-order valence-electron chi connectivity index (χ0n) is 21.2. The fourth-order valence-electron chi connectivity index (χ4n) is 5.31. The maximum atomic E-state index is 6.36. The Morgan fingerprint density at radius 2 is 1.20 bits per heavy atom. The van der Waals surface area contributed by atoms with E-state index in [9.17, 15) is 0 Å². The molecular formula is C35H22N2OPtS. The normalized spacial score (nSPS) is 12.9. The van der Waals surface area contributed by atoms with E-state index in [4.69, 9.17) is 9.72 Å². The molecule has 0 radical (unpaired) electrons. The third-order valence-electron chi connectivity index (χ3n) is 6.95. The van der Waals surface area contributed by atoms with Crippen molar-refractivity contribution < 1.29 is 25.8 Å². The van der Waals surface area contributed by atoms with Crippen LogP contribution in [0.2, 0.25) is 0 Å². The van der Waals surface area contributed by atoms with Crippen molar-refractivity contribution in [3.8, 4) is 22.8 Å². The van der Waals surface area contributed by atoms with Gasteiger partial charge in [0.05, 0.1) is 11.1 Å². The monoisotopic (exact) mass is 713 g/mol. The van der Waals surface area contributed by atoms with E-state index in [2.05, 4.69) is 83.8 Å². The quantitative estimate of drug-likeness (QED) is 0.168. The maximum Gasteiger partial charge on any atom is 2.00 e. The number of ether oxygens (including phenoxy) is 1. The molecule has 0 N–H and O–H groups in total. The van der Waals surface area contributed by atoms with E-state index in [0.717, 1.165) is 22.5 Å². The first kappa shape index (κ1) is 26.3. The van der Waals surface area contributed by atoms with E-state index in [-0.39, 0.29) is 21.1 Å². The largest absolute Gasteiger partial charge is 2.00 e. The molecule has 0 amide bonds. The topological polar surface area (TPSA) is 35.0 Å². The molecule has 1 aliphatic heterocycles. The Bertz CT molecular complexity index is 1730. The molecule has 0 saturated heterocycles. The van der Waals surface area contributed by atoms with Crippen molar-refractivity contribution in [3.05, 3.63) is 168 Å². The van der Waals surface area contributed by atoms with E-state index < -0.39 is 5.41 Å². The molecule has 0 atom stereocenters. The van der Waals surface area contributed by atoms with Gasteiger partial charge in [-0.3, -0.25) is 4.98 Å². The molecule has 0 unspecified atom stereocenters. The van der Waals surface area contributed by atoms with Crippen molar-refractivity contribution in [2.45, 2.75) is 15.2 Å². The molecule has 0 spiro atoms.